The van der Waals surface area contributed by atoms with E-state index in [9.17, 15) is 4.79 Å². The van der Waals surface area contributed by atoms with Gasteiger partial charge < -0.3 is 4.90 Å². The monoisotopic (exact) mass is 183 g/mol. The molecule has 13 heavy (non-hydrogen) atoms. The lowest BCUT2D eigenvalue weighted by Gasteiger charge is -2.37. The van der Waals surface area contributed by atoms with Crippen molar-refractivity contribution in [1.82, 2.24) is 4.90 Å². The van der Waals surface area contributed by atoms with Crippen LogP contribution in [0.5, 0.6) is 0 Å². The SMILES string of the molecule is CCC(=O)N1C[C@H](CC)CC[C@@H]1C. The van der Waals surface area contributed by atoms with Crippen LogP contribution in [0.2, 0.25) is 0 Å². The van der Waals surface area contributed by atoms with E-state index in [4.69, 9.17) is 0 Å². The van der Waals surface area contributed by atoms with Crippen LogP contribution in [0.25, 0.3) is 0 Å². The van der Waals surface area contributed by atoms with Gasteiger partial charge in [0.1, 0.15) is 0 Å². The van der Waals surface area contributed by atoms with Gasteiger partial charge in [0.05, 0.1) is 0 Å². The molecule has 2 nitrogen and oxygen atoms in total. The molecule has 1 aliphatic rings. The molecular weight excluding hydrogens is 162 g/mol. The fourth-order valence-electron chi connectivity index (χ4n) is 2.07. The zero-order valence-electron chi connectivity index (χ0n) is 9.05. The van der Waals surface area contributed by atoms with Crippen molar-refractivity contribution in [2.45, 2.75) is 52.5 Å². The van der Waals surface area contributed by atoms with Crippen LogP contribution in [-0.4, -0.2) is 23.4 Å². The lowest BCUT2D eigenvalue weighted by atomic mass is 9.91. The number of nitrogens with zero attached hydrogens (tertiary/aromatic N) is 1. The first kappa shape index (κ1) is 10.6. The molecular formula is C11H21NO. The van der Waals surface area contributed by atoms with Gasteiger partial charge in [-0.15, -0.1) is 0 Å². The predicted molar refractivity (Wildman–Crippen MR) is 54.5 cm³/mol. The third-order valence-corrected chi connectivity index (χ3v) is 3.18. The van der Waals surface area contributed by atoms with Gasteiger partial charge in [-0.25, -0.2) is 0 Å². The normalized spacial score (nSPS) is 29.0. The second-order valence-corrected chi connectivity index (χ2v) is 4.10. The number of carbonyl (C=O) groups is 1. The van der Waals surface area contributed by atoms with Crippen molar-refractivity contribution in [3.8, 4) is 0 Å². The summed E-state index contributed by atoms with van der Waals surface area (Å²) in [6.45, 7) is 7.32. The molecule has 1 amide bonds. The summed E-state index contributed by atoms with van der Waals surface area (Å²) >= 11 is 0. The van der Waals surface area contributed by atoms with E-state index in [1.165, 1.54) is 19.3 Å². The van der Waals surface area contributed by atoms with Crippen molar-refractivity contribution in [3.63, 3.8) is 0 Å². The van der Waals surface area contributed by atoms with E-state index in [1.807, 2.05) is 6.92 Å². The van der Waals surface area contributed by atoms with Crippen LogP contribution in [0.3, 0.4) is 0 Å². The predicted octanol–water partition coefficient (Wildman–Crippen LogP) is 2.43. The minimum Gasteiger partial charge on any atom is -0.340 e. The molecule has 0 saturated carbocycles. The van der Waals surface area contributed by atoms with Gasteiger partial charge in [0.2, 0.25) is 5.91 Å². The van der Waals surface area contributed by atoms with Crippen molar-refractivity contribution >= 4 is 5.91 Å². The van der Waals surface area contributed by atoms with Crippen molar-refractivity contribution in [2.24, 2.45) is 5.92 Å². The zero-order valence-corrected chi connectivity index (χ0v) is 9.05. The second kappa shape index (κ2) is 4.64. The number of likely N-dealkylation sites (tertiary alicyclic amines) is 1. The molecule has 0 unspecified atom stereocenters. The molecule has 2 atom stereocenters. The van der Waals surface area contributed by atoms with E-state index in [0.29, 0.717) is 18.4 Å². The maximum absolute atomic E-state index is 11.6. The van der Waals surface area contributed by atoms with Crippen LogP contribution in [0, 0.1) is 5.92 Å². The minimum atomic E-state index is 0.325. The lowest BCUT2D eigenvalue weighted by molar-refractivity contribution is -0.135. The van der Waals surface area contributed by atoms with Gasteiger partial charge in [0, 0.05) is 19.0 Å². The molecule has 1 rings (SSSR count). The van der Waals surface area contributed by atoms with Crippen LogP contribution in [0.4, 0.5) is 0 Å². The minimum absolute atomic E-state index is 0.325. The van der Waals surface area contributed by atoms with Crippen LogP contribution >= 0.6 is 0 Å². The molecule has 2 heteroatoms. The van der Waals surface area contributed by atoms with Crippen molar-refractivity contribution < 1.29 is 4.79 Å². The Bertz CT molecular complexity index is 179. The number of carbonyl (C=O) groups excluding carboxylic acids is 1. The average Bonchev–Trinajstić information content (AvgIpc) is 2.17. The molecule has 0 aliphatic carbocycles. The molecule has 1 aliphatic heterocycles. The Morgan fingerprint density at radius 1 is 1.38 bits per heavy atom. The van der Waals surface area contributed by atoms with Gasteiger partial charge in [-0.1, -0.05) is 20.3 Å². The Morgan fingerprint density at radius 3 is 2.62 bits per heavy atom. The number of amides is 1. The molecule has 1 fully saturated rings. The van der Waals surface area contributed by atoms with Crippen molar-refractivity contribution in [1.29, 1.82) is 0 Å². The van der Waals surface area contributed by atoms with E-state index < -0.39 is 0 Å². The van der Waals surface area contributed by atoms with Gasteiger partial charge in [0.15, 0.2) is 0 Å². The standard InChI is InChI=1S/C11H21NO/c1-4-10-7-6-9(3)12(8-10)11(13)5-2/h9-10H,4-8H2,1-3H3/t9-,10+/m0/s1. The molecule has 1 saturated heterocycles. The number of rotatable bonds is 2. The van der Waals surface area contributed by atoms with Gasteiger partial charge in [-0.3, -0.25) is 4.79 Å². The Kier molecular flexibility index (Phi) is 3.76. The van der Waals surface area contributed by atoms with E-state index in [-0.39, 0.29) is 0 Å². The highest BCUT2D eigenvalue weighted by Crippen LogP contribution is 2.24. The van der Waals surface area contributed by atoms with Crippen molar-refractivity contribution in [2.75, 3.05) is 6.54 Å². The van der Waals surface area contributed by atoms with E-state index in [1.54, 1.807) is 0 Å². The molecule has 1 heterocycles. The first-order chi connectivity index (χ1) is 6.19. The summed E-state index contributed by atoms with van der Waals surface area (Å²) in [7, 11) is 0. The van der Waals surface area contributed by atoms with Gasteiger partial charge >= 0.3 is 0 Å². The van der Waals surface area contributed by atoms with Crippen LogP contribution in [0.1, 0.15) is 46.5 Å². The highest BCUT2D eigenvalue weighted by atomic mass is 16.2. The van der Waals surface area contributed by atoms with E-state index >= 15 is 0 Å². The van der Waals surface area contributed by atoms with Crippen LogP contribution in [0.15, 0.2) is 0 Å². The molecule has 0 N–H and O–H groups in total. The quantitative estimate of drug-likeness (QED) is 0.644. The molecule has 0 spiro atoms. The van der Waals surface area contributed by atoms with Gasteiger partial charge in [-0.05, 0) is 25.7 Å². The van der Waals surface area contributed by atoms with Crippen LogP contribution in [-0.2, 0) is 4.79 Å². The first-order valence-corrected chi connectivity index (χ1v) is 5.48. The first-order valence-electron chi connectivity index (χ1n) is 5.48. The average molecular weight is 183 g/mol. The van der Waals surface area contributed by atoms with E-state index in [0.717, 1.165) is 12.5 Å². The maximum atomic E-state index is 11.6. The third kappa shape index (κ3) is 2.45. The molecule has 76 valence electrons. The van der Waals surface area contributed by atoms with Crippen LogP contribution < -0.4 is 0 Å². The summed E-state index contributed by atoms with van der Waals surface area (Å²) in [4.78, 5) is 13.6. The summed E-state index contributed by atoms with van der Waals surface area (Å²) < 4.78 is 0. The Balaban J connectivity index is 2.54. The summed E-state index contributed by atoms with van der Waals surface area (Å²) in [5.41, 5.74) is 0. The Hall–Kier alpha value is -0.530. The molecule has 0 aromatic carbocycles. The fraction of sp³-hybridized carbons (Fsp3) is 0.909. The van der Waals surface area contributed by atoms with Crippen molar-refractivity contribution in [3.05, 3.63) is 0 Å². The molecule has 0 aromatic heterocycles. The number of hydrogen-bond donors (Lipinski definition) is 0. The molecule has 0 radical (unpaired) electrons. The summed E-state index contributed by atoms with van der Waals surface area (Å²) in [5.74, 6) is 1.07. The smallest absolute Gasteiger partial charge is 0.222 e. The van der Waals surface area contributed by atoms with Gasteiger partial charge in [0.25, 0.3) is 0 Å². The maximum Gasteiger partial charge on any atom is 0.222 e. The lowest BCUT2D eigenvalue weighted by Crippen LogP contribution is -2.45. The fourth-order valence-corrected chi connectivity index (χ4v) is 2.07. The Morgan fingerprint density at radius 2 is 2.08 bits per heavy atom. The second-order valence-electron chi connectivity index (χ2n) is 4.10. The van der Waals surface area contributed by atoms with E-state index in [2.05, 4.69) is 18.7 Å². The summed E-state index contributed by atoms with van der Waals surface area (Å²) in [5, 5.41) is 0. The summed E-state index contributed by atoms with van der Waals surface area (Å²) in [6.07, 6.45) is 4.34. The number of piperidine rings is 1. The largest absolute Gasteiger partial charge is 0.340 e. The van der Waals surface area contributed by atoms with Gasteiger partial charge in [-0.2, -0.15) is 0 Å². The highest BCUT2D eigenvalue weighted by Gasteiger charge is 2.26. The Labute approximate surface area is 81.3 Å². The topological polar surface area (TPSA) is 20.3 Å². The molecule has 0 bridgehead atoms. The molecule has 0 aromatic rings. The highest BCUT2D eigenvalue weighted by molar-refractivity contribution is 5.76. The summed E-state index contributed by atoms with van der Waals surface area (Å²) in [6, 6.07) is 0.468. The third-order valence-electron chi connectivity index (χ3n) is 3.18. The number of hydrogen-bond acceptors (Lipinski definition) is 1. The zero-order chi connectivity index (χ0) is 9.84.